The minimum absolute atomic E-state index is 0.454. The summed E-state index contributed by atoms with van der Waals surface area (Å²) in [5, 5.41) is 0. The molecule has 1 heterocycles. The number of hydrogen-bond acceptors (Lipinski definition) is 2. The molecule has 0 aromatic rings. The molecule has 2 nitrogen and oxygen atoms in total. The molecule has 0 atom stereocenters. The van der Waals surface area contributed by atoms with Crippen LogP contribution in [0.1, 0.15) is 0 Å². The van der Waals surface area contributed by atoms with Gasteiger partial charge >= 0.3 is 0 Å². The van der Waals surface area contributed by atoms with Crippen LogP contribution in [-0.2, 0) is 9.47 Å². The van der Waals surface area contributed by atoms with Crippen molar-refractivity contribution in [2.75, 3.05) is 13.2 Å². The second-order valence-electron chi connectivity index (χ2n) is 1.11. The van der Waals surface area contributed by atoms with E-state index >= 15 is 0 Å². The van der Waals surface area contributed by atoms with E-state index in [1.54, 1.807) is 0 Å². The summed E-state index contributed by atoms with van der Waals surface area (Å²) < 4.78 is 9.42. The van der Waals surface area contributed by atoms with E-state index < -0.39 is 6.19 Å². The summed E-state index contributed by atoms with van der Waals surface area (Å²) >= 11 is 0. The third kappa shape index (κ3) is 0.728. The Labute approximate surface area is 37.8 Å². The average molecular weight is 83.9 g/mol. The van der Waals surface area contributed by atoms with Gasteiger partial charge < -0.3 is 9.47 Å². The van der Waals surface area contributed by atoms with Gasteiger partial charge in [-0.25, -0.2) is 0 Å². The SMILES string of the molecule is [B]C1OCCO1. The van der Waals surface area contributed by atoms with E-state index in [0.29, 0.717) is 13.2 Å². The molecule has 1 fully saturated rings. The minimum atomic E-state index is -0.454. The Morgan fingerprint density at radius 3 is 2.00 bits per heavy atom. The normalized spacial score (nSPS) is 25.3. The van der Waals surface area contributed by atoms with Crippen molar-refractivity contribution < 1.29 is 9.47 Å². The Hall–Kier alpha value is -0.0151. The molecule has 6 heavy (non-hydrogen) atoms. The molecule has 0 spiro atoms. The Bertz CT molecular complexity index is 42.1. The summed E-state index contributed by atoms with van der Waals surface area (Å²) in [6, 6.07) is 0. The van der Waals surface area contributed by atoms with Gasteiger partial charge in [-0.05, 0) is 0 Å². The Kier molecular flexibility index (Phi) is 1.12. The Balaban J connectivity index is 2.18. The van der Waals surface area contributed by atoms with Crippen LogP contribution in [0.2, 0.25) is 0 Å². The molecule has 0 amide bonds. The van der Waals surface area contributed by atoms with Gasteiger partial charge in [0.25, 0.3) is 0 Å². The molecule has 1 aliphatic heterocycles. The van der Waals surface area contributed by atoms with Crippen LogP contribution in [0.3, 0.4) is 0 Å². The highest BCUT2D eigenvalue weighted by Crippen LogP contribution is 1.96. The van der Waals surface area contributed by atoms with Crippen molar-refractivity contribution in [1.29, 1.82) is 0 Å². The lowest BCUT2D eigenvalue weighted by Gasteiger charge is -1.95. The number of rotatable bonds is 0. The molecular formula is C3H5BO2. The van der Waals surface area contributed by atoms with Gasteiger partial charge in [0.1, 0.15) is 14.0 Å². The predicted octanol–water partition coefficient (Wildman–Crippen LogP) is -0.515. The van der Waals surface area contributed by atoms with Gasteiger partial charge in [-0.1, -0.05) is 0 Å². The summed E-state index contributed by atoms with van der Waals surface area (Å²) in [6.45, 7) is 1.28. The van der Waals surface area contributed by atoms with E-state index in [9.17, 15) is 0 Å². The smallest absolute Gasteiger partial charge is 0.149 e. The van der Waals surface area contributed by atoms with Gasteiger partial charge in [0.05, 0.1) is 13.2 Å². The second-order valence-corrected chi connectivity index (χ2v) is 1.11. The molecule has 0 saturated carbocycles. The fourth-order valence-electron chi connectivity index (χ4n) is 0.377. The largest absolute Gasteiger partial charge is 0.360 e. The maximum absolute atomic E-state index is 5.09. The molecule has 0 aromatic carbocycles. The van der Waals surface area contributed by atoms with E-state index in [1.807, 2.05) is 0 Å². The molecular weight excluding hydrogens is 78.8 g/mol. The lowest BCUT2D eigenvalue weighted by Crippen LogP contribution is -2.04. The highest BCUT2D eigenvalue weighted by atomic mass is 16.7. The van der Waals surface area contributed by atoms with Gasteiger partial charge in [-0.3, -0.25) is 0 Å². The molecule has 1 rings (SSSR count). The molecule has 0 unspecified atom stereocenters. The predicted molar refractivity (Wildman–Crippen MR) is 21.4 cm³/mol. The maximum Gasteiger partial charge on any atom is 0.149 e. The third-order valence-corrected chi connectivity index (χ3v) is 0.648. The van der Waals surface area contributed by atoms with E-state index in [0.717, 1.165) is 0 Å². The highest BCUT2D eigenvalue weighted by molar-refractivity contribution is 6.10. The fraction of sp³-hybridized carbons (Fsp3) is 1.00. The summed E-state index contributed by atoms with van der Waals surface area (Å²) in [5.41, 5.74) is 0. The Morgan fingerprint density at radius 1 is 1.33 bits per heavy atom. The van der Waals surface area contributed by atoms with E-state index in [-0.39, 0.29) is 0 Å². The lowest BCUT2D eigenvalue weighted by atomic mass is 10.1. The molecule has 0 aromatic heterocycles. The third-order valence-electron chi connectivity index (χ3n) is 0.648. The van der Waals surface area contributed by atoms with E-state index in [4.69, 9.17) is 17.3 Å². The maximum atomic E-state index is 5.09. The van der Waals surface area contributed by atoms with Crippen molar-refractivity contribution in [2.24, 2.45) is 0 Å². The summed E-state index contributed by atoms with van der Waals surface area (Å²) in [5.74, 6) is 0. The van der Waals surface area contributed by atoms with Crippen LogP contribution in [0.15, 0.2) is 0 Å². The highest BCUT2D eigenvalue weighted by Gasteiger charge is 2.06. The summed E-state index contributed by atoms with van der Waals surface area (Å²) in [6.07, 6.45) is -0.454. The van der Waals surface area contributed by atoms with Gasteiger partial charge in [0, 0.05) is 0 Å². The lowest BCUT2D eigenvalue weighted by molar-refractivity contribution is 0.0270. The quantitative estimate of drug-likeness (QED) is 0.368. The average Bonchev–Trinajstić information content (AvgIpc) is 1.86. The van der Waals surface area contributed by atoms with Crippen molar-refractivity contribution in [2.45, 2.75) is 6.19 Å². The fourth-order valence-corrected chi connectivity index (χ4v) is 0.377. The first-order valence-corrected chi connectivity index (χ1v) is 1.88. The molecule has 0 bridgehead atoms. The minimum Gasteiger partial charge on any atom is -0.360 e. The monoisotopic (exact) mass is 84.0 g/mol. The Morgan fingerprint density at radius 2 is 1.83 bits per heavy atom. The zero-order valence-electron chi connectivity index (χ0n) is 3.39. The van der Waals surface area contributed by atoms with Gasteiger partial charge in [-0.2, -0.15) is 0 Å². The van der Waals surface area contributed by atoms with Crippen LogP contribution >= 0.6 is 0 Å². The van der Waals surface area contributed by atoms with Crippen molar-refractivity contribution in [1.82, 2.24) is 0 Å². The number of ether oxygens (including phenoxy) is 2. The molecule has 1 aliphatic rings. The van der Waals surface area contributed by atoms with Crippen LogP contribution in [0.5, 0.6) is 0 Å². The van der Waals surface area contributed by atoms with Gasteiger partial charge in [-0.15, -0.1) is 0 Å². The topological polar surface area (TPSA) is 18.5 Å². The standard InChI is InChI=1S/C3H5BO2/c4-3-5-1-2-6-3/h3H,1-2H2. The zero-order chi connectivity index (χ0) is 4.41. The summed E-state index contributed by atoms with van der Waals surface area (Å²) in [4.78, 5) is 0. The molecule has 2 radical (unpaired) electrons. The van der Waals surface area contributed by atoms with Crippen LogP contribution in [0.25, 0.3) is 0 Å². The van der Waals surface area contributed by atoms with Crippen LogP contribution in [0.4, 0.5) is 0 Å². The van der Waals surface area contributed by atoms with Gasteiger partial charge in [0.2, 0.25) is 0 Å². The first kappa shape index (κ1) is 4.15. The van der Waals surface area contributed by atoms with Gasteiger partial charge in [0.15, 0.2) is 0 Å². The first-order chi connectivity index (χ1) is 2.89. The molecule has 0 N–H and O–H groups in total. The molecule has 32 valence electrons. The van der Waals surface area contributed by atoms with E-state index in [1.165, 1.54) is 0 Å². The number of hydrogen-bond donors (Lipinski definition) is 0. The van der Waals surface area contributed by atoms with E-state index in [2.05, 4.69) is 0 Å². The zero-order valence-corrected chi connectivity index (χ0v) is 3.39. The second kappa shape index (κ2) is 1.62. The molecule has 3 heteroatoms. The van der Waals surface area contributed by atoms with Crippen molar-refractivity contribution in [3.8, 4) is 0 Å². The van der Waals surface area contributed by atoms with Crippen molar-refractivity contribution in [3.05, 3.63) is 0 Å². The van der Waals surface area contributed by atoms with Crippen molar-refractivity contribution >= 4 is 7.85 Å². The van der Waals surface area contributed by atoms with Crippen LogP contribution < -0.4 is 0 Å². The van der Waals surface area contributed by atoms with Crippen LogP contribution in [0, 0.1) is 0 Å². The first-order valence-electron chi connectivity index (χ1n) is 1.88. The summed E-state index contributed by atoms with van der Waals surface area (Å²) in [7, 11) is 5.09. The molecule has 1 saturated heterocycles. The molecule has 0 aliphatic carbocycles. The van der Waals surface area contributed by atoms with Crippen LogP contribution in [-0.4, -0.2) is 27.2 Å². The van der Waals surface area contributed by atoms with Crippen molar-refractivity contribution in [3.63, 3.8) is 0 Å².